The number of aryl methyl sites for hydroxylation is 2. The second kappa shape index (κ2) is 7.68. The number of hydrogen-bond donors (Lipinski definition) is 0. The number of nitrogens with zero attached hydrogens (tertiary/aromatic N) is 2. The first-order valence-electron chi connectivity index (χ1n) is 10.1. The fourth-order valence-corrected chi connectivity index (χ4v) is 4.15. The summed E-state index contributed by atoms with van der Waals surface area (Å²) >= 11 is 6.00. The van der Waals surface area contributed by atoms with Gasteiger partial charge in [-0.25, -0.2) is 4.90 Å². The summed E-state index contributed by atoms with van der Waals surface area (Å²) < 4.78 is 0. The zero-order valence-corrected chi connectivity index (χ0v) is 17.8. The van der Waals surface area contributed by atoms with E-state index in [2.05, 4.69) is 11.8 Å². The molecule has 1 fully saturated rings. The molecule has 0 unspecified atom stereocenters. The Hall–Kier alpha value is -2.59. The molecule has 0 N–H and O–H groups in total. The van der Waals surface area contributed by atoms with E-state index in [0.29, 0.717) is 27.9 Å². The molecule has 0 saturated carbocycles. The molecule has 2 heterocycles. The van der Waals surface area contributed by atoms with Crippen LogP contribution in [0.2, 0.25) is 5.02 Å². The Morgan fingerprint density at radius 2 is 1.55 bits per heavy atom. The lowest BCUT2D eigenvalue weighted by molar-refractivity contribution is -0.120. The highest BCUT2D eigenvalue weighted by Crippen LogP contribution is 2.37. The van der Waals surface area contributed by atoms with E-state index in [4.69, 9.17) is 11.6 Å². The van der Waals surface area contributed by atoms with Crippen LogP contribution < -0.4 is 4.90 Å². The van der Waals surface area contributed by atoms with Crippen LogP contribution in [0.1, 0.15) is 36.5 Å². The maximum atomic E-state index is 13.5. The average Bonchev–Trinajstić information content (AvgIpc) is 2.96. The van der Waals surface area contributed by atoms with Crippen molar-refractivity contribution in [3.63, 3.8) is 0 Å². The van der Waals surface area contributed by atoms with Crippen molar-refractivity contribution in [2.24, 2.45) is 5.92 Å². The van der Waals surface area contributed by atoms with Crippen LogP contribution in [0, 0.1) is 19.8 Å². The first kappa shape index (κ1) is 19.7. The van der Waals surface area contributed by atoms with Crippen molar-refractivity contribution in [2.75, 3.05) is 18.0 Å². The highest BCUT2D eigenvalue weighted by molar-refractivity contribution is 6.45. The molecule has 4 rings (SSSR count). The average molecular weight is 409 g/mol. The van der Waals surface area contributed by atoms with E-state index < -0.39 is 0 Å². The lowest BCUT2D eigenvalue weighted by atomic mass is 9.96. The van der Waals surface area contributed by atoms with Gasteiger partial charge >= 0.3 is 0 Å². The second-order valence-corrected chi connectivity index (χ2v) is 8.55. The molecule has 2 aromatic carbocycles. The summed E-state index contributed by atoms with van der Waals surface area (Å²) in [4.78, 5) is 30.4. The summed E-state index contributed by atoms with van der Waals surface area (Å²) in [6, 6.07) is 12.8. The number of carbonyl (C=O) groups is 2. The first-order chi connectivity index (χ1) is 13.9. The Balaban J connectivity index is 1.82. The predicted molar refractivity (Wildman–Crippen MR) is 117 cm³/mol. The highest BCUT2D eigenvalue weighted by atomic mass is 35.5. The Kier molecular flexibility index (Phi) is 5.22. The van der Waals surface area contributed by atoms with Gasteiger partial charge in [0, 0.05) is 18.1 Å². The van der Waals surface area contributed by atoms with Crippen molar-refractivity contribution in [1.82, 2.24) is 4.90 Å². The number of anilines is 1. The number of benzene rings is 2. The van der Waals surface area contributed by atoms with Gasteiger partial charge < -0.3 is 4.90 Å². The molecular formula is C24H25ClN2O2. The van der Waals surface area contributed by atoms with Crippen molar-refractivity contribution < 1.29 is 9.59 Å². The minimum atomic E-state index is -0.269. The van der Waals surface area contributed by atoms with Gasteiger partial charge in [0.2, 0.25) is 0 Å². The summed E-state index contributed by atoms with van der Waals surface area (Å²) in [7, 11) is 0. The maximum absolute atomic E-state index is 13.5. The zero-order valence-electron chi connectivity index (χ0n) is 17.0. The van der Waals surface area contributed by atoms with Crippen LogP contribution in [0.5, 0.6) is 0 Å². The molecule has 5 heteroatoms. The Labute approximate surface area is 176 Å². The van der Waals surface area contributed by atoms with Crippen molar-refractivity contribution in [2.45, 2.75) is 33.6 Å². The normalized spacial score (nSPS) is 18.2. The van der Waals surface area contributed by atoms with Gasteiger partial charge in [0.15, 0.2) is 0 Å². The van der Waals surface area contributed by atoms with E-state index in [-0.39, 0.29) is 11.8 Å². The maximum Gasteiger partial charge on any atom is 0.282 e. The topological polar surface area (TPSA) is 40.6 Å². The third-order valence-electron chi connectivity index (χ3n) is 6.04. The van der Waals surface area contributed by atoms with Gasteiger partial charge in [-0.2, -0.15) is 0 Å². The van der Waals surface area contributed by atoms with Crippen LogP contribution in [-0.2, 0) is 9.59 Å². The monoisotopic (exact) mass is 408 g/mol. The van der Waals surface area contributed by atoms with Crippen LogP contribution in [0.15, 0.2) is 48.2 Å². The van der Waals surface area contributed by atoms with Gasteiger partial charge in [-0.05, 0) is 73.6 Å². The fraction of sp³-hybridized carbons (Fsp3) is 0.333. The van der Waals surface area contributed by atoms with Crippen LogP contribution >= 0.6 is 11.6 Å². The van der Waals surface area contributed by atoms with E-state index in [1.54, 1.807) is 24.3 Å². The minimum Gasteiger partial charge on any atom is -0.366 e. The highest BCUT2D eigenvalue weighted by Gasteiger charge is 2.43. The van der Waals surface area contributed by atoms with Crippen LogP contribution in [0.25, 0.3) is 5.57 Å². The molecule has 2 aromatic rings. The number of imide groups is 1. The summed E-state index contributed by atoms with van der Waals surface area (Å²) in [5.74, 6) is 0.116. The zero-order chi connectivity index (χ0) is 20.7. The molecule has 0 aromatic heterocycles. The molecular weight excluding hydrogens is 384 g/mol. The summed E-state index contributed by atoms with van der Waals surface area (Å²) in [6.45, 7) is 7.89. The van der Waals surface area contributed by atoms with Gasteiger partial charge in [-0.1, -0.05) is 36.7 Å². The Morgan fingerprint density at radius 1 is 0.897 bits per heavy atom. The summed E-state index contributed by atoms with van der Waals surface area (Å²) in [6.07, 6.45) is 2.04. The Morgan fingerprint density at radius 3 is 2.17 bits per heavy atom. The van der Waals surface area contributed by atoms with Crippen molar-refractivity contribution >= 4 is 34.7 Å². The van der Waals surface area contributed by atoms with E-state index in [1.807, 2.05) is 32.0 Å². The number of carbonyl (C=O) groups excluding carboxylic acids is 2. The lowest BCUT2D eigenvalue weighted by Gasteiger charge is -2.32. The number of hydrogen-bond acceptors (Lipinski definition) is 3. The first-order valence-corrected chi connectivity index (χ1v) is 10.5. The summed E-state index contributed by atoms with van der Waals surface area (Å²) in [5, 5.41) is 0.570. The smallest absolute Gasteiger partial charge is 0.282 e. The Bertz CT molecular complexity index is 1000. The molecule has 0 radical (unpaired) electrons. The van der Waals surface area contributed by atoms with Gasteiger partial charge in [-0.15, -0.1) is 0 Å². The minimum absolute atomic E-state index is 0.250. The third-order valence-corrected chi connectivity index (χ3v) is 6.29. The molecule has 2 aliphatic heterocycles. The lowest BCUT2D eigenvalue weighted by Crippen LogP contribution is -2.38. The molecule has 2 aliphatic rings. The van der Waals surface area contributed by atoms with Gasteiger partial charge in [-0.3, -0.25) is 9.59 Å². The van der Waals surface area contributed by atoms with Crippen molar-refractivity contribution in [1.29, 1.82) is 0 Å². The van der Waals surface area contributed by atoms with Crippen LogP contribution in [-0.4, -0.2) is 29.8 Å². The van der Waals surface area contributed by atoms with Gasteiger partial charge in [0.25, 0.3) is 11.8 Å². The van der Waals surface area contributed by atoms with E-state index in [9.17, 15) is 9.59 Å². The molecule has 29 heavy (non-hydrogen) atoms. The molecule has 150 valence electrons. The molecule has 4 nitrogen and oxygen atoms in total. The number of halogens is 1. The fourth-order valence-electron chi connectivity index (χ4n) is 4.03. The van der Waals surface area contributed by atoms with Crippen LogP contribution in [0.4, 0.5) is 5.69 Å². The third kappa shape index (κ3) is 3.58. The molecule has 0 bridgehead atoms. The number of piperidine rings is 1. The molecule has 0 spiro atoms. The SMILES string of the molecule is Cc1ccc(C2=C(N3CCC(C)CC3)C(=O)N(c3ccc(Cl)cc3)C2=O)cc1C. The quantitative estimate of drug-likeness (QED) is 0.673. The molecule has 0 atom stereocenters. The largest absolute Gasteiger partial charge is 0.366 e. The van der Waals surface area contributed by atoms with Crippen LogP contribution in [0.3, 0.4) is 0 Å². The molecule has 0 aliphatic carbocycles. The predicted octanol–water partition coefficient (Wildman–Crippen LogP) is 4.97. The summed E-state index contributed by atoms with van der Waals surface area (Å²) in [5.41, 5.74) is 4.64. The van der Waals surface area contributed by atoms with Crippen molar-refractivity contribution in [3.05, 3.63) is 69.9 Å². The van der Waals surface area contributed by atoms with Gasteiger partial charge in [0.1, 0.15) is 5.70 Å². The van der Waals surface area contributed by atoms with E-state index >= 15 is 0 Å². The number of amides is 2. The van der Waals surface area contributed by atoms with Gasteiger partial charge in [0.05, 0.1) is 11.3 Å². The molecule has 1 saturated heterocycles. The number of rotatable bonds is 3. The van der Waals surface area contributed by atoms with E-state index in [1.165, 1.54) is 4.90 Å². The standard InChI is InChI=1S/C24H25ClN2O2/c1-15-10-12-26(13-11-15)22-21(18-5-4-16(2)17(3)14-18)23(28)27(24(22)29)20-8-6-19(25)7-9-20/h4-9,14-15H,10-13H2,1-3H3. The van der Waals surface area contributed by atoms with E-state index in [0.717, 1.165) is 42.6 Å². The van der Waals surface area contributed by atoms with Crippen molar-refractivity contribution in [3.8, 4) is 0 Å². The second-order valence-electron chi connectivity index (χ2n) is 8.11. The molecule has 2 amide bonds. The number of likely N-dealkylation sites (tertiary alicyclic amines) is 1.